The highest BCUT2D eigenvalue weighted by molar-refractivity contribution is 5.72. The zero-order chi connectivity index (χ0) is 10.2. The van der Waals surface area contributed by atoms with E-state index in [-0.39, 0.29) is 5.41 Å². The Hall–Kier alpha value is -0.610. The first kappa shape index (κ1) is 9.93. The fourth-order valence-corrected chi connectivity index (χ4v) is 2.39. The lowest BCUT2D eigenvalue weighted by atomic mass is 9.77. The lowest BCUT2D eigenvalue weighted by molar-refractivity contribution is -0.147. The molecule has 0 bridgehead atoms. The van der Waals surface area contributed by atoms with Crippen LogP contribution < -0.4 is 0 Å². The van der Waals surface area contributed by atoms with Gasteiger partial charge in [-0.15, -0.1) is 0 Å². The van der Waals surface area contributed by atoms with Gasteiger partial charge in [0.25, 0.3) is 0 Å². The number of carboxylic acids is 1. The SMILES string of the molecule is CN1CCC2(CC1)COC(C(=O)O)C2. The molecule has 80 valence electrons. The quantitative estimate of drug-likeness (QED) is 0.671. The molecule has 1 atom stereocenters. The van der Waals surface area contributed by atoms with Gasteiger partial charge in [-0.1, -0.05) is 0 Å². The van der Waals surface area contributed by atoms with Gasteiger partial charge < -0.3 is 14.7 Å². The third-order valence-electron chi connectivity index (χ3n) is 3.53. The molecule has 2 aliphatic heterocycles. The Morgan fingerprint density at radius 1 is 1.50 bits per heavy atom. The molecule has 1 unspecified atom stereocenters. The lowest BCUT2D eigenvalue weighted by Gasteiger charge is -2.36. The van der Waals surface area contributed by atoms with Gasteiger partial charge in [0, 0.05) is 0 Å². The maximum atomic E-state index is 10.8. The molecule has 0 amide bonds. The summed E-state index contributed by atoms with van der Waals surface area (Å²) in [5, 5.41) is 8.84. The molecule has 2 aliphatic rings. The molecule has 0 radical (unpaired) electrons. The fourth-order valence-electron chi connectivity index (χ4n) is 2.39. The van der Waals surface area contributed by atoms with Crippen molar-refractivity contribution in [2.75, 3.05) is 26.7 Å². The number of carboxylic acid groups (broad SMARTS) is 1. The minimum absolute atomic E-state index is 0.162. The van der Waals surface area contributed by atoms with E-state index in [1.54, 1.807) is 0 Å². The van der Waals surface area contributed by atoms with E-state index in [4.69, 9.17) is 9.84 Å². The summed E-state index contributed by atoms with van der Waals surface area (Å²) in [5.41, 5.74) is 0.162. The largest absolute Gasteiger partial charge is 0.479 e. The predicted molar refractivity (Wildman–Crippen MR) is 51.2 cm³/mol. The molecule has 0 saturated carbocycles. The van der Waals surface area contributed by atoms with Crippen molar-refractivity contribution >= 4 is 5.97 Å². The summed E-state index contributed by atoms with van der Waals surface area (Å²) in [7, 11) is 2.11. The second-order valence-electron chi connectivity index (χ2n) is 4.65. The van der Waals surface area contributed by atoms with Crippen molar-refractivity contribution in [1.82, 2.24) is 4.90 Å². The van der Waals surface area contributed by atoms with E-state index in [9.17, 15) is 4.79 Å². The zero-order valence-electron chi connectivity index (χ0n) is 8.53. The van der Waals surface area contributed by atoms with Gasteiger partial charge in [0.05, 0.1) is 6.61 Å². The minimum Gasteiger partial charge on any atom is -0.479 e. The smallest absolute Gasteiger partial charge is 0.332 e. The molecular weight excluding hydrogens is 182 g/mol. The van der Waals surface area contributed by atoms with Crippen LogP contribution in [0.2, 0.25) is 0 Å². The number of piperidine rings is 1. The van der Waals surface area contributed by atoms with Gasteiger partial charge >= 0.3 is 5.97 Å². The molecule has 0 aromatic heterocycles. The summed E-state index contributed by atoms with van der Waals surface area (Å²) >= 11 is 0. The van der Waals surface area contributed by atoms with E-state index >= 15 is 0 Å². The van der Waals surface area contributed by atoms with Crippen molar-refractivity contribution < 1.29 is 14.6 Å². The van der Waals surface area contributed by atoms with Gasteiger partial charge in [-0.3, -0.25) is 0 Å². The van der Waals surface area contributed by atoms with Crippen molar-refractivity contribution in [3.8, 4) is 0 Å². The number of hydrogen-bond acceptors (Lipinski definition) is 3. The van der Waals surface area contributed by atoms with E-state index in [0.29, 0.717) is 13.0 Å². The van der Waals surface area contributed by atoms with Crippen molar-refractivity contribution in [2.24, 2.45) is 5.41 Å². The molecule has 0 aromatic carbocycles. The van der Waals surface area contributed by atoms with E-state index < -0.39 is 12.1 Å². The van der Waals surface area contributed by atoms with Gasteiger partial charge in [0.15, 0.2) is 6.10 Å². The summed E-state index contributed by atoms with van der Waals surface area (Å²) in [6.45, 7) is 2.77. The van der Waals surface area contributed by atoms with Crippen molar-refractivity contribution in [3.05, 3.63) is 0 Å². The topological polar surface area (TPSA) is 49.8 Å². The van der Waals surface area contributed by atoms with E-state index in [0.717, 1.165) is 25.9 Å². The summed E-state index contributed by atoms with van der Waals surface area (Å²) in [6.07, 6.45) is 2.30. The van der Waals surface area contributed by atoms with E-state index in [2.05, 4.69) is 11.9 Å². The van der Waals surface area contributed by atoms with Gasteiger partial charge in [0.2, 0.25) is 0 Å². The molecule has 2 fully saturated rings. The molecule has 2 saturated heterocycles. The monoisotopic (exact) mass is 199 g/mol. The molecule has 2 heterocycles. The maximum absolute atomic E-state index is 10.8. The first-order chi connectivity index (χ1) is 6.61. The highest BCUT2D eigenvalue weighted by atomic mass is 16.5. The average molecular weight is 199 g/mol. The maximum Gasteiger partial charge on any atom is 0.332 e. The van der Waals surface area contributed by atoms with Crippen LogP contribution in [-0.4, -0.2) is 48.8 Å². The number of carbonyl (C=O) groups is 1. The van der Waals surface area contributed by atoms with Gasteiger partial charge in [-0.25, -0.2) is 4.79 Å². The van der Waals surface area contributed by atoms with Crippen LogP contribution in [0.5, 0.6) is 0 Å². The van der Waals surface area contributed by atoms with Crippen LogP contribution in [0.1, 0.15) is 19.3 Å². The van der Waals surface area contributed by atoms with Crippen LogP contribution in [0.15, 0.2) is 0 Å². The number of nitrogens with zero attached hydrogens (tertiary/aromatic N) is 1. The predicted octanol–water partition coefficient (Wildman–Crippen LogP) is 0.572. The second-order valence-corrected chi connectivity index (χ2v) is 4.65. The fraction of sp³-hybridized carbons (Fsp3) is 0.900. The van der Waals surface area contributed by atoms with E-state index in [1.165, 1.54) is 0 Å². The number of ether oxygens (including phenoxy) is 1. The van der Waals surface area contributed by atoms with Crippen molar-refractivity contribution in [2.45, 2.75) is 25.4 Å². The summed E-state index contributed by atoms with van der Waals surface area (Å²) in [5.74, 6) is -0.805. The van der Waals surface area contributed by atoms with Gasteiger partial charge in [-0.05, 0) is 44.8 Å². The summed E-state index contributed by atoms with van der Waals surface area (Å²) in [4.78, 5) is 13.0. The molecule has 2 rings (SSSR count). The Morgan fingerprint density at radius 2 is 2.14 bits per heavy atom. The van der Waals surface area contributed by atoms with Crippen LogP contribution in [-0.2, 0) is 9.53 Å². The van der Waals surface area contributed by atoms with Crippen LogP contribution in [0.25, 0.3) is 0 Å². The van der Waals surface area contributed by atoms with Crippen molar-refractivity contribution in [3.63, 3.8) is 0 Å². The molecule has 1 spiro atoms. The lowest BCUT2D eigenvalue weighted by Crippen LogP contribution is -2.38. The zero-order valence-corrected chi connectivity index (χ0v) is 8.53. The minimum atomic E-state index is -0.805. The normalized spacial score (nSPS) is 32.2. The molecule has 14 heavy (non-hydrogen) atoms. The standard InChI is InChI=1S/C10H17NO3/c1-11-4-2-10(3-5-11)6-8(9(12)13)14-7-10/h8H,2-7H2,1H3,(H,12,13). The molecule has 1 N–H and O–H groups in total. The number of likely N-dealkylation sites (tertiary alicyclic amines) is 1. The third-order valence-corrected chi connectivity index (χ3v) is 3.53. The Balaban J connectivity index is 1.96. The Morgan fingerprint density at radius 3 is 2.64 bits per heavy atom. The summed E-state index contributed by atoms with van der Waals surface area (Å²) in [6, 6.07) is 0. The Kier molecular flexibility index (Phi) is 2.49. The average Bonchev–Trinajstić information content (AvgIpc) is 2.56. The third kappa shape index (κ3) is 1.77. The van der Waals surface area contributed by atoms with E-state index in [1.807, 2.05) is 0 Å². The second kappa shape index (κ2) is 3.51. The van der Waals surface area contributed by atoms with Crippen molar-refractivity contribution in [1.29, 1.82) is 0 Å². The molecule has 4 nitrogen and oxygen atoms in total. The summed E-state index contributed by atoms with van der Waals surface area (Å²) < 4.78 is 5.32. The van der Waals surface area contributed by atoms with Gasteiger partial charge in [-0.2, -0.15) is 0 Å². The Labute approximate surface area is 83.8 Å². The molecule has 0 aliphatic carbocycles. The van der Waals surface area contributed by atoms with Crippen LogP contribution >= 0.6 is 0 Å². The Bertz CT molecular complexity index is 234. The van der Waals surface area contributed by atoms with Crippen LogP contribution in [0, 0.1) is 5.41 Å². The van der Waals surface area contributed by atoms with Crippen LogP contribution in [0.4, 0.5) is 0 Å². The molecule has 0 aromatic rings. The highest BCUT2D eigenvalue weighted by Gasteiger charge is 2.44. The first-order valence-corrected chi connectivity index (χ1v) is 5.14. The number of hydrogen-bond donors (Lipinski definition) is 1. The highest BCUT2D eigenvalue weighted by Crippen LogP contribution is 2.41. The number of rotatable bonds is 1. The van der Waals surface area contributed by atoms with Gasteiger partial charge in [0.1, 0.15) is 0 Å². The number of aliphatic carboxylic acids is 1. The molecule has 4 heteroatoms. The van der Waals surface area contributed by atoms with Crippen LogP contribution in [0.3, 0.4) is 0 Å². The first-order valence-electron chi connectivity index (χ1n) is 5.14. The molecular formula is C10H17NO3.